The van der Waals surface area contributed by atoms with Crippen molar-refractivity contribution in [1.29, 1.82) is 0 Å². The van der Waals surface area contributed by atoms with E-state index in [1.807, 2.05) is 6.92 Å². The molecule has 0 fully saturated rings. The number of carbonyl (C=O) groups is 2. The van der Waals surface area contributed by atoms with Gasteiger partial charge in [-0.2, -0.15) is 0 Å². The molecule has 19 heavy (non-hydrogen) atoms. The van der Waals surface area contributed by atoms with E-state index in [4.69, 9.17) is 5.11 Å². The molecule has 7 nitrogen and oxygen atoms in total. The second-order valence-electron chi connectivity index (χ2n) is 3.94. The van der Waals surface area contributed by atoms with Crippen molar-refractivity contribution < 1.29 is 19.6 Å². The summed E-state index contributed by atoms with van der Waals surface area (Å²) in [6.07, 6.45) is 1.84. The first-order valence-corrected chi connectivity index (χ1v) is 6.60. The van der Waals surface area contributed by atoms with Gasteiger partial charge in [-0.15, -0.1) is 0 Å². The molecule has 0 radical (unpaired) electrons. The Morgan fingerprint density at radius 2 is 2.26 bits per heavy atom. The maximum atomic E-state index is 11.8. The minimum atomic E-state index is -1.11. The van der Waals surface area contributed by atoms with Crippen LogP contribution in [-0.4, -0.2) is 27.9 Å². The van der Waals surface area contributed by atoms with E-state index in [9.17, 15) is 19.7 Å². The van der Waals surface area contributed by atoms with Gasteiger partial charge in [0.25, 0.3) is 5.91 Å². The lowest BCUT2D eigenvalue weighted by molar-refractivity contribution is -0.380. The molecule has 1 unspecified atom stereocenters. The SMILES string of the molecule is CCCCC(NC(=O)c1csc([N+](=O)[O-])c1)C(=O)O. The van der Waals surface area contributed by atoms with E-state index in [0.29, 0.717) is 12.8 Å². The average Bonchev–Trinajstić information content (AvgIpc) is 2.83. The molecule has 1 aromatic heterocycles. The summed E-state index contributed by atoms with van der Waals surface area (Å²) in [5.74, 6) is -1.71. The number of hydrogen-bond acceptors (Lipinski definition) is 5. The number of carboxylic acids is 1. The molecule has 0 aliphatic carbocycles. The first kappa shape index (κ1) is 15.1. The number of carbonyl (C=O) groups excluding carboxylic acids is 1. The minimum Gasteiger partial charge on any atom is -0.480 e. The summed E-state index contributed by atoms with van der Waals surface area (Å²) in [6.45, 7) is 1.92. The van der Waals surface area contributed by atoms with Crippen molar-refractivity contribution >= 4 is 28.2 Å². The van der Waals surface area contributed by atoms with Crippen LogP contribution < -0.4 is 5.32 Å². The molecule has 0 aliphatic rings. The summed E-state index contributed by atoms with van der Waals surface area (Å²) in [7, 11) is 0. The smallest absolute Gasteiger partial charge is 0.326 e. The first-order valence-electron chi connectivity index (χ1n) is 5.72. The van der Waals surface area contributed by atoms with Crippen LogP contribution >= 0.6 is 11.3 Å². The van der Waals surface area contributed by atoms with Crippen LogP contribution in [-0.2, 0) is 4.79 Å². The van der Waals surface area contributed by atoms with E-state index >= 15 is 0 Å². The van der Waals surface area contributed by atoms with Crippen molar-refractivity contribution in [3.8, 4) is 0 Å². The van der Waals surface area contributed by atoms with Gasteiger partial charge < -0.3 is 10.4 Å². The number of thiophene rings is 1. The molecule has 1 heterocycles. The molecule has 1 amide bonds. The van der Waals surface area contributed by atoms with E-state index in [-0.39, 0.29) is 10.6 Å². The Hall–Kier alpha value is -1.96. The molecule has 0 aliphatic heterocycles. The van der Waals surface area contributed by atoms with Crippen molar-refractivity contribution in [2.24, 2.45) is 0 Å². The lowest BCUT2D eigenvalue weighted by Crippen LogP contribution is -2.40. The number of rotatable bonds is 7. The van der Waals surface area contributed by atoms with Crippen LogP contribution in [0.1, 0.15) is 36.5 Å². The third kappa shape index (κ3) is 4.32. The summed E-state index contributed by atoms with van der Waals surface area (Å²) in [5.41, 5.74) is 0.111. The zero-order chi connectivity index (χ0) is 14.4. The second kappa shape index (κ2) is 6.83. The summed E-state index contributed by atoms with van der Waals surface area (Å²) < 4.78 is 0. The Morgan fingerprint density at radius 1 is 1.58 bits per heavy atom. The van der Waals surface area contributed by atoms with E-state index in [0.717, 1.165) is 23.8 Å². The highest BCUT2D eigenvalue weighted by molar-refractivity contribution is 7.13. The second-order valence-corrected chi connectivity index (χ2v) is 4.83. The fourth-order valence-electron chi connectivity index (χ4n) is 1.45. The predicted molar refractivity (Wildman–Crippen MR) is 69.4 cm³/mol. The molecule has 8 heteroatoms. The maximum Gasteiger partial charge on any atom is 0.326 e. The van der Waals surface area contributed by atoms with Crippen molar-refractivity contribution in [2.45, 2.75) is 32.2 Å². The number of amides is 1. The number of unbranched alkanes of at least 4 members (excludes halogenated alkanes) is 1. The predicted octanol–water partition coefficient (Wildman–Crippen LogP) is 2.03. The largest absolute Gasteiger partial charge is 0.480 e. The van der Waals surface area contributed by atoms with Gasteiger partial charge in [0.15, 0.2) is 0 Å². The Morgan fingerprint density at radius 3 is 2.74 bits per heavy atom. The standard InChI is InChI=1S/C11H14N2O5S/c1-2-3-4-8(11(15)16)12-10(14)7-5-9(13(17)18)19-6-7/h5-6,8H,2-4H2,1H3,(H,12,14)(H,15,16). The molecule has 1 atom stereocenters. The van der Waals surface area contributed by atoms with Crippen molar-refractivity contribution in [3.05, 3.63) is 27.1 Å². The van der Waals surface area contributed by atoms with Crippen LogP contribution in [0.25, 0.3) is 0 Å². The van der Waals surface area contributed by atoms with E-state index in [1.54, 1.807) is 0 Å². The molecule has 104 valence electrons. The van der Waals surface area contributed by atoms with Crippen LogP contribution in [0, 0.1) is 10.1 Å². The highest BCUT2D eigenvalue weighted by Crippen LogP contribution is 2.22. The van der Waals surface area contributed by atoms with Gasteiger partial charge in [0.2, 0.25) is 0 Å². The fourth-order valence-corrected chi connectivity index (χ4v) is 2.15. The van der Waals surface area contributed by atoms with Crippen molar-refractivity contribution in [2.75, 3.05) is 0 Å². The van der Waals surface area contributed by atoms with Gasteiger partial charge in [0.1, 0.15) is 6.04 Å². The van der Waals surface area contributed by atoms with E-state index in [1.165, 1.54) is 5.38 Å². The average molecular weight is 286 g/mol. The number of hydrogen-bond donors (Lipinski definition) is 2. The van der Waals surface area contributed by atoms with Crippen LogP contribution in [0.15, 0.2) is 11.4 Å². The number of nitro groups is 1. The highest BCUT2D eigenvalue weighted by Gasteiger charge is 2.22. The molecule has 2 N–H and O–H groups in total. The Kier molecular flexibility index (Phi) is 5.43. The molecule has 1 rings (SSSR count). The van der Waals surface area contributed by atoms with Gasteiger partial charge in [-0.25, -0.2) is 4.79 Å². The monoisotopic (exact) mass is 286 g/mol. The zero-order valence-electron chi connectivity index (χ0n) is 10.3. The molecule has 0 spiro atoms. The van der Waals surface area contributed by atoms with Gasteiger partial charge in [-0.1, -0.05) is 31.1 Å². The number of aliphatic carboxylic acids is 1. The lowest BCUT2D eigenvalue weighted by atomic mass is 10.1. The van der Waals surface area contributed by atoms with Gasteiger partial charge in [0.05, 0.1) is 10.5 Å². The number of carboxylic acid groups (broad SMARTS) is 1. The number of nitrogens with zero attached hydrogens (tertiary/aromatic N) is 1. The summed E-state index contributed by atoms with van der Waals surface area (Å²) in [5, 5.41) is 23.0. The summed E-state index contributed by atoms with van der Waals surface area (Å²) in [6, 6.07) is 0.171. The molecule has 0 aromatic carbocycles. The highest BCUT2D eigenvalue weighted by atomic mass is 32.1. The molecule has 1 aromatic rings. The van der Waals surface area contributed by atoms with Crippen LogP contribution in [0.3, 0.4) is 0 Å². The van der Waals surface area contributed by atoms with Gasteiger partial charge in [0, 0.05) is 11.4 Å². The molecule has 0 saturated carbocycles. The third-order valence-corrected chi connectivity index (χ3v) is 3.36. The first-order chi connectivity index (χ1) is 8.95. The normalized spacial score (nSPS) is 11.8. The maximum absolute atomic E-state index is 11.8. The van der Waals surface area contributed by atoms with Crippen molar-refractivity contribution in [1.82, 2.24) is 5.32 Å². The van der Waals surface area contributed by atoms with Crippen molar-refractivity contribution in [3.63, 3.8) is 0 Å². The fraction of sp³-hybridized carbons (Fsp3) is 0.455. The van der Waals surface area contributed by atoms with Crippen LogP contribution in [0.5, 0.6) is 0 Å². The topological polar surface area (TPSA) is 110 Å². The quantitative estimate of drug-likeness (QED) is 0.588. The van der Waals surface area contributed by atoms with E-state index in [2.05, 4.69) is 5.32 Å². The summed E-state index contributed by atoms with van der Waals surface area (Å²) >= 11 is 0.832. The van der Waals surface area contributed by atoms with Gasteiger partial charge in [-0.05, 0) is 6.42 Å². The number of nitrogens with one attached hydrogen (secondary N) is 1. The van der Waals surface area contributed by atoms with Crippen LogP contribution in [0.2, 0.25) is 0 Å². The van der Waals surface area contributed by atoms with Gasteiger partial charge in [-0.3, -0.25) is 14.9 Å². The Balaban J connectivity index is 2.70. The molecule has 0 saturated heterocycles. The summed E-state index contributed by atoms with van der Waals surface area (Å²) in [4.78, 5) is 32.6. The van der Waals surface area contributed by atoms with E-state index < -0.39 is 22.8 Å². The zero-order valence-corrected chi connectivity index (χ0v) is 11.1. The lowest BCUT2D eigenvalue weighted by Gasteiger charge is -2.13. The third-order valence-electron chi connectivity index (χ3n) is 2.48. The molecular formula is C11H14N2O5S. The Bertz CT molecular complexity index is 485. The van der Waals surface area contributed by atoms with Gasteiger partial charge >= 0.3 is 11.0 Å². The van der Waals surface area contributed by atoms with Crippen LogP contribution in [0.4, 0.5) is 5.00 Å². The Labute approximate surface area is 113 Å². The molecular weight excluding hydrogens is 272 g/mol. The minimum absolute atomic E-state index is 0.111. The molecule has 0 bridgehead atoms.